The van der Waals surface area contributed by atoms with E-state index >= 15 is 0 Å². The van der Waals surface area contributed by atoms with Gasteiger partial charge in [-0.15, -0.1) is 10.2 Å². The van der Waals surface area contributed by atoms with E-state index in [1.807, 2.05) is 4.57 Å². The Bertz CT molecular complexity index is 571. The summed E-state index contributed by atoms with van der Waals surface area (Å²) >= 11 is 0. The Hall–Kier alpha value is -2.18. The fourth-order valence-electron chi connectivity index (χ4n) is 2.11. The number of aromatic amines is 1. The van der Waals surface area contributed by atoms with Crippen LogP contribution in [0.15, 0.2) is 6.33 Å². The number of imidazole rings is 1. The number of carbonyl (C=O) groups is 1. The summed E-state index contributed by atoms with van der Waals surface area (Å²) in [5, 5.41) is 17.2. The number of H-pyrrole nitrogens is 1. The van der Waals surface area contributed by atoms with Crippen LogP contribution in [-0.4, -0.2) is 35.8 Å². The van der Waals surface area contributed by atoms with Crippen LogP contribution in [0.25, 0.3) is 11.5 Å². The van der Waals surface area contributed by atoms with Gasteiger partial charge in [0.1, 0.15) is 11.5 Å². The van der Waals surface area contributed by atoms with E-state index in [9.17, 15) is 4.79 Å². The monoisotopic (exact) mass is 233 g/mol. The molecule has 1 aliphatic heterocycles. The fraction of sp³-hybridized carbons (Fsp3) is 0.400. The standard InChI is InChI=1S/C10H11N5O2/c16-10(17)8-7(11-5-12-8)9-14-13-6-3-1-2-4-15(6)9/h5H,1-4H2,(H,11,12)(H,16,17). The minimum Gasteiger partial charge on any atom is -0.477 e. The van der Waals surface area contributed by atoms with Crippen LogP contribution in [0.1, 0.15) is 29.2 Å². The fourth-order valence-corrected chi connectivity index (χ4v) is 2.11. The minimum absolute atomic E-state index is 0.0609. The molecule has 7 heteroatoms. The molecule has 0 bridgehead atoms. The molecule has 0 radical (unpaired) electrons. The highest BCUT2D eigenvalue weighted by Gasteiger charge is 2.23. The van der Waals surface area contributed by atoms with Crippen molar-refractivity contribution in [3.63, 3.8) is 0 Å². The van der Waals surface area contributed by atoms with Crippen LogP contribution in [0.2, 0.25) is 0 Å². The van der Waals surface area contributed by atoms with Crippen LogP contribution in [-0.2, 0) is 13.0 Å². The molecule has 88 valence electrons. The van der Waals surface area contributed by atoms with Gasteiger partial charge in [0, 0.05) is 13.0 Å². The summed E-state index contributed by atoms with van der Waals surface area (Å²) in [6.45, 7) is 0.823. The number of aromatic carboxylic acids is 1. The predicted octanol–water partition coefficient (Wildman–Crippen LogP) is 0.703. The Morgan fingerprint density at radius 2 is 2.29 bits per heavy atom. The third kappa shape index (κ3) is 1.50. The maximum atomic E-state index is 11.0. The van der Waals surface area contributed by atoms with E-state index in [-0.39, 0.29) is 5.69 Å². The lowest BCUT2D eigenvalue weighted by Crippen LogP contribution is -2.12. The summed E-state index contributed by atoms with van der Waals surface area (Å²) in [5.41, 5.74) is 0.420. The number of aromatic nitrogens is 5. The van der Waals surface area contributed by atoms with Crippen molar-refractivity contribution in [3.05, 3.63) is 17.8 Å². The molecule has 1 aliphatic rings. The molecule has 17 heavy (non-hydrogen) atoms. The summed E-state index contributed by atoms with van der Waals surface area (Å²) in [7, 11) is 0. The quantitative estimate of drug-likeness (QED) is 0.795. The summed E-state index contributed by atoms with van der Waals surface area (Å²) in [5.74, 6) is 0.412. The van der Waals surface area contributed by atoms with Gasteiger partial charge in [-0.3, -0.25) is 0 Å². The molecule has 0 spiro atoms. The van der Waals surface area contributed by atoms with Crippen molar-refractivity contribution in [2.75, 3.05) is 0 Å². The molecule has 0 atom stereocenters. The Balaban J connectivity index is 2.12. The molecule has 0 aliphatic carbocycles. The van der Waals surface area contributed by atoms with E-state index in [1.165, 1.54) is 6.33 Å². The lowest BCUT2D eigenvalue weighted by molar-refractivity contribution is 0.0692. The minimum atomic E-state index is -1.04. The molecule has 2 aromatic rings. The molecular weight excluding hydrogens is 222 g/mol. The third-order valence-electron chi connectivity index (χ3n) is 2.92. The van der Waals surface area contributed by atoms with Gasteiger partial charge in [-0.05, 0) is 12.8 Å². The Kier molecular flexibility index (Phi) is 2.17. The van der Waals surface area contributed by atoms with Gasteiger partial charge in [0.2, 0.25) is 0 Å². The highest BCUT2D eigenvalue weighted by Crippen LogP contribution is 2.23. The lowest BCUT2D eigenvalue weighted by Gasteiger charge is -2.13. The molecular formula is C10H11N5O2. The first-order valence-corrected chi connectivity index (χ1v) is 5.46. The first-order chi connectivity index (χ1) is 8.27. The number of carboxylic acids is 1. The van der Waals surface area contributed by atoms with Gasteiger partial charge < -0.3 is 14.7 Å². The zero-order valence-electron chi connectivity index (χ0n) is 9.05. The van der Waals surface area contributed by atoms with Gasteiger partial charge >= 0.3 is 5.97 Å². The van der Waals surface area contributed by atoms with Gasteiger partial charge in [0.05, 0.1) is 6.33 Å². The van der Waals surface area contributed by atoms with Crippen molar-refractivity contribution in [2.24, 2.45) is 0 Å². The summed E-state index contributed by atoms with van der Waals surface area (Å²) in [4.78, 5) is 17.7. The van der Waals surface area contributed by atoms with E-state index in [0.717, 1.165) is 31.6 Å². The Labute approximate surface area is 96.5 Å². The average molecular weight is 233 g/mol. The van der Waals surface area contributed by atoms with Crippen LogP contribution in [0.4, 0.5) is 0 Å². The van der Waals surface area contributed by atoms with Gasteiger partial charge in [0.15, 0.2) is 11.5 Å². The Morgan fingerprint density at radius 3 is 3.12 bits per heavy atom. The van der Waals surface area contributed by atoms with Crippen LogP contribution >= 0.6 is 0 Å². The second-order valence-corrected chi connectivity index (χ2v) is 3.98. The zero-order valence-corrected chi connectivity index (χ0v) is 9.05. The largest absolute Gasteiger partial charge is 0.477 e. The van der Waals surface area contributed by atoms with Crippen molar-refractivity contribution in [3.8, 4) is 11.5 Å². The second-order valence-electron chi connectivity index (χ2n) is 3.98. The summed E-state index contributed by atoms with van der Waals surface area (Å²) < 4.78 is 1.95. The number of carboxylic acid groups (broad SMARTS) is 1. The molecule has 0 saturated carbocycles. The van der Waals surface area contributed by atoms with E-state index in [2.05, 4.69) is 20.2 Å². The number of hydrogen-bond donors (Lipinski definition) is 2. The molecule has 2 N–H and O–H groups in total. The molecule has 0 aromatic carbocycles. The number of nitrogens with one attached hydrogen (secondary N) is 1. The molecule has 0 amide bonds. The second kappa shape index (κ2) is 3.69. The molecule has 0 unspecified atom stereocenters. The van der Waals surface area contributed by atoms with E-state index in [0.29, 0.717) is 11.5 Å². The number of hydrogen-bond acceptors (Lipinski definition) is 4. The third-order valence-corrected chi connectivity index (χ3v) is 2.92. The number of aryl methyl sites for hydroxylation is 1. The van der Waals surface area contributed by atoms with Crippen molar-refractivity contribution in [1.29, 1.82) is 0 Å². The molecule has 0 fully saturated rings. The topological polar surface area (TPSA) is 96.7 Å². The Morgan fingerprint density at radius 1 is 1.41 bits per heavy atom. The number of nitrogens with zero attached hydrogens (tertiary/aromatic N) is 4. The van der Waals surface area contributed by atoms with Gasteiger partial charge in [0.25, 0.3) is 0 Å². The maximum Gasteiger partial charge on any atom is 0.354 e. The van der Waals surface area contributed by atoms with Crippen molar-refractivity contribution >= 4 is 5.97 Å². The van der Waals surface area contributed by atoms with E-state index < -0.39 is 5.97 Å². The summed E-state index contributed by atoms with van der Waals surface area (Å²) in [6, 6.07) is 0. The van der Waals surface area contributed by atoms with Gasteiger partial charge in [-0.25, -0.2) is 9.78 Å². The van der Waals surface area contributed by atoms with Gasteiger partial charge in [-0.1, -0.05) is 0 Å². The van der Waals surface area contributed by atoms with Crippen molar-refractivity contribution < 1.29 is 9.90 Å². The number of fused-ring (bicyclic) bond motifs is 1. The van der Waals surface area contributed by atoms with E-state index in [4.69, 9.17) is 5.11 Å². The zero-order chi connectivity index (χ0) is 11.8. The van der Waals surface area contributed by atoms with Crippen LogP contribution in [0.5, 0.6) is 0 Å². The smallest absolute Gasteiger partial charge is 0.354 e. The van der Waals surface area contributed by atoms with Crippen molar-refractivity contribution in [2.45, 2.75) is 25.8 Å². The first kappa shape index (κ1) is 10.0. The lowest BCUT2D eigenvalue weighted by atomic mass is 10.1. The van der Waals surface area contributed by atoms with Crippen LogP contribution < -0.4 is 0 Å². The maximum absolute atomic E-state index is 11.0. The molecule has 0 saturated heterocycles. The first-order valence-electron chi connectivity index (χ1n) is 5.46. The van der Waals surface area contributed by atoms with Crippen LogP contribution in [0, 0.1) is 0 Å². The average Bonchev–Trinajstić information content (AvgIpc) is 2.94. The van der Waals surface area contributed by atoms with Crippen molar-refractivity contribution in [1.82, 2.24) is 24.7 Å². The molecule has 3 heterocycles. The van der Waals surface area contributed by atoms with Gasteiger partial charge in [-0.2, -0.15) is 0 Å². The number of rotatable bonds is 2. The highest BCUT2D eigenvalue weighted by atomic mass is 16.4. The highest BCUT2D eigenvalue weighted by molar-refractivity contribution is 5.91. The SMILES string of the molecule is O=C(O)c1[nH]cnc1-c1nnc2n1CCCC2. The van der Waals surface area contributed by atoms with Crippen LogP contribution in [0.3, 0.4) is 0 Å². The molecule has 7 nitrogen and oxygen atoms in total. The molecule has 2 aromatic heterocycles. The molecule has 3 rings (SSSR count). The predicted molar refractivity (Wildman–Crippen MR) is 57.5 cm³/mol. The van der Waals surface area contributed by atoms with E-state index in [1.54, 1.807) is 0 Å². The summed E-state index contributed by atoms with van der Waals surface area (Å²) in [6.07, 6.45) is 4.42. The normalized spacial score (nSPS) is 14.6.